The van der Waals surface area contributed by atoms with Crippen LogP contribution in [0.2, 0.25) is 39.3 Å². The molecule has 5 rings (SSSR count). The van der Waals surface area contributed by atoms with E-state index in [1.807, 2.05) is 0 Å². The summed E-state index contributed by atoms with van der Waals surface area (Å²) in [5.41, 5.74) is 8.55. The van der Waals surface area contributed by atoms with Crippen LogP contribution in [0.15, 0.2) is 57.4 Å². The minimum absolute atomic E-state index is 0.742. The molecule has 2 heterocycles. The van der Waals surface area contributed by atoms with Gasteiger partial charge in [0.05, 0.1) is 0 Å². The lowest BCUT2D eigenvalue weighted by Crippen LogP contribution is -2.16. The fourth-order valence-corrected chi connectivity index (χ4v) is 4.88. The van der Waals surface area contributed by atoms with E-state index in [-0.39, 0.29) is 0 Å². The first-order valence-corrected chi connectivity index (χ1v) is 18.0. The molecule has 0 aliphatic heterocycles. The third-order valence-electron chi connectivity index (χ3n) is 5.31. The topological polar surface area (TPSA) is 26.3 Å². The highest BCUT2D eigenvalue weighted by molar-refractivity contribution is 6.84. The summed E-state index contributed by atoms with van der Waals surface area (Å²) in [5.74, 6) is 7.98. The molecule has 0 radical (unpaired) electrons. The van der Waals surface area contributed by atoms with Crippen molar-refractivity contribution in [2.45, 2.75) is 39.3 Å². The molecule has 0 saturated carbocycles. The molecule has 0 atom stereocenters. The van der Waals surface area contributed by atoms with Gasteiger partial charge in [0, 0.05) is 22.9 Å². The van der Waals surface area contributed by atoms with Gasteiger partial charge in [-0.1, -0.05) is 63.5 Å². The van der Waals surface area contributed by atoms with E-state index in [2.05, 4.69) is 111 Å². The van der Waals surface area contributed by atoms with Gasteiger partial charge in [-0.05, 0) is 45.5 Å². The maximum Gasteiger partial charge on any atom is 0.177 e. The molecule has 158 valence electrons. The predicted octanol–water partition coefficient (Wildman–Crippen LogP) is 7.94. The summed E-state index contributed by atoms with van der Waals surface area (Å²) >= 11 is 0. The highest BCUT2D eigenvalue weighted by atomic mass is 28.3. The van der Waals surface area contributed by atoms with Crippen LogP contribution in [0, 0.1) is 22.9 Å². The lowest BCUT2D eigenvalue weighted by Gasteiger charge is -2.05. The average Bonchev–Trinajstić information content (AvgIpc) is 3.32. The van der Waals surface area contributed by atoms with Crippen LogP contribution in [0.25, 0.3) is 43.5 Å². The zero-order valence-electron chi connectivity index (χ0n) is 19.4. The van der Waals surface area contributed by atoms with Gasteiger partial charge < -0.3 is 8.83 Å². The minimum atomic E-state index is -1.46. The van der Waals surface area contributed by atoms with Crippen LogP contribution >= 0.6 is 0 Å². The minimum Gasteiger partial charge on any atom is -0.448 e. The lowest BCUT2D eigenvalue weighted by atomic mass is 9.98. The Labute approximate surface area is 190 Å². The zero-order valence-corrected chi connectivity index (χ0v) is 21.4. The Bertz CT molecular complexity index is 1520. The van der Waals surface area contributed by atoms with E-state index in [1.165, 1.54) is 21.5 Å². The first kappa shape index (κ1) is 20.7. The summed E-state index contributed by atoms with van der Waals surface area (Å²) in [4.78, 5) is 0. The van der Waals surface area contributed by atoms with E-state index >= 15 is 0 Å². The van der Waals surface area contributed by atoms with Crippen molar-refractivity contribution < 1.29 is 8.83 Å². The fraction of sp³-hybridized carbons (Fsp3) is 0.214. The van der Waals surface area contributed by atoms with E-state index in [0.29, 0.717) is 0 Å². The van der Waals surface area contributed by atoms with Crippen LogP contribution < -0.4 is 0 Å². The summed E-state index contributed by atoms with van der Waals surface area (Å²) < 4.78 is 12.1. The smallest absolute Gasteiger partial charge is 0.177 e. The first-order chi connectivity index (χ1) is 15.1. The maximum absolute atomic E-state index is 6.03. The average molecular weight is 451 g/mol. The molecule has 2 nitrogen and oxygen atoms in total. The van der Waals surface area contributed by atoms with E-state index in [9.17, 15) is 0 Å². The summed E-state index contributed by atoms with van der Waals surface area (Å²) in [7, 11) is -2.91. The number of rotatable bonds is 0. The van der Waals surface area contributed by atoms with Gasteiger partial charge >= 0.3 is 0 Å². The van der Waals surface area contributed by atoms with E-state index in [0.717, 1.165) is 33.5 Å². The van der Waals surface area contributed by atoms with Crippen LogP contribution in [0.3, 0.4) is 0 Å². The Hall–Kier alpha value is -3.19. The second-order valence-corrected chi connectivity index (χ2v) is 19.9. The van der Waals surface area contributed by atoms with Crippen molar-refractivity contribution in [3.63, 3.8) is 0 Å². The SMILES string of the molecule is C[Si](C)(C)C#Cc1cc2c(ccc3c2ccc2c4cc(C#C[Si](C)(C)C)oc4ccc23)o1. The molecule has 0 spiro atoms. The standard InChI is InChI=1S/C28H26O2Si2/c1-31(2,3)15-13-19-17-25-23-7-8-24-22(21(23)9-11-27(25)29-19)10-12-28-26(24)18-20(30-28)14-16-32(4,5)6/h7-12,17-18H,1-6H3. The number of fused-ring (bicyclic) bond motifs is 7. The van der Waals surface area contributed by atoms with Gasteiger partial charge in [0.2, 0.25) is 0 Å². The van der Waals surface area contributed by atoms with Crippen LogP contribution in [-0.4, -0.2) is 16.1 Å². The Balaban J connectivity index is 1.69. The third kappa shape index (κ3) is 3.89. The molecule has 0 bridgehead atoms. The van der Waals surface area contributed by atoms with Crippen molar-refractivity contribution in [1.29, 1.82) is 0 Å². The number of furan rings is 2. The van der Waals surface area contributed by atoms with Gasteiger partial charge in [0.25, 0.3) is 0 Å². The van der Waals surface area contributed by atoms with E-state index in [1.54, 1.807) is 0 Å². The molecule has 2 aromatic heterocycles. The van der Waals surface area contributed by atoms with Gasteiger partial charge in [-0.15, -0.1) is 11.1 Å². The van der Waals surface area contributed by atoms with Gasteiger partial charge in [0.15, 0.2) is 11.5 Å². The third-order valence-corrected chi connectivity index (χ3v) is 7.06. The largest absolute Gasteiger partial charge is 0.448 e. The summed E-state index contributed by atoms with van der Waals surface area (Å²) in [6.45, 7) is 13.4. The molecule has 3 aromatic carbocycles. The number of hydrogen-bond acceptors (Lipinski definition) is 2. The molecule has 5 aromatic rings. The van der Waals surface area contributed by atoms with Gasteiger partial charge in [0.1, 0.15) is 27.3 Å². The van der Waals surface area contributed by atoms with Gasteiger partial charge in [-0.3, -0.25) is 0 Å². The Morgan fingerprint density at radius 3 is 1.22 bits per heavy atom. The molecular formula is C28H26O2Si2. The Morgan fingerprint density at radius 1 is 0.500 bits per heavy atom. The maximum atomic E-state index is 6.03. The molecule has 0 aliphatic carbocycles. The van der Waals surface area contributed by atoms with Crippen molar-refractivity contribution >= 4 is 59.6 Å². The van der Waals surface area contributed by atoms with Crippen LogP contribution in [0.4, 0.5) is 0 Å². The predicted molar refractivity (Wildman–Crippen MR) is 141 cm³/mol. The lowest BCUT2D eigenvalue weighted by molar-refractivity contribution is 0.601. The molecule has 4 heteroatoms. The van der Waals surface area contributed by atoms with Crippen molar-refractivity contribution in [1.82, 2.24) is 0 Å². The Kier molecular flexibility index (Phi) is 4.64. The number of hydrogen-bond donors (Lipinski definition) is 0. The molecule has 0 aliphatic rings. The molecule has 0 amide bonds. The Morgan fingerprint density at radius 2 is 0.844 bits per heavy atom. The second-order valence-electron chi connectivity index (χ2n) is 10.4. The number of benzene rings is 3. The normalized spacial score (nSPS) is 12.2. The first-order valence-electron chi connectivity index (χ1n) is 11.0. The molecular weight excluding hydrogens is 424 g/mol. The summed E-state index contributed by atoms with van der Waals surface area (Å²) in [6.07, 6.45) is 0. The highest BCUT2D eigenvalue weighted by Gasteiger charge is 2.14. The molecule has 0 fully saturated rings. The van der Waals surface area contributed by atoms with Crippen molar-refractivity contribution in [3.8, 4) is 22.9 Å². The van der Waals surface area contributed by atoms with E-state index in [4.69, 9.17) is 8.83 Å². The fourth-order valence-electron chi connectivity index (χ4n) is 3.88. The molecule has 32 heavy (non-hydrogen) atoms. The highest BCUT2D eigenvalue weighted by Crippen LogP contribution is 2.36. The van der Waals surface area contributed by atoms with Crippen molar-refractivity contribution in [2.75, 3.05) is 0 Å². The second kappa shape index (κ2) is 7.17. The monoisotopic (exact) mass is 450 g/mol. The summed E-state index contributed by atoms with van der Waals surface area (Å²) in [5, 5.41) is 7.00. The van der Waals surface area contributed by atoms with Crippen LogP contribution in [-0.2, 0) is 0 Å². The van der Waals surface area contributed by atoms with Gasteiger partial charge in [-0.25, -0.2) is 0 Å². The van der Waals surface area contributed by atoms with Crippen molar-refractivity contribution in [2.24, 2.45) is 0 Å². The summed E-state index contributed by atoms with van der Waals surface area (Å²) in [6, 6.07) is 16.9. The zero-order chi connectivity index (χ0) is 22.7. The van der Waals surface area contributed by atoms with Gasteiger partial charge in [-0.2, -0.15) is 0 Å². The quantitative estimate of drug-likeness (QED) is 0.136. The van der Waals surface area contributed by atoms with Crippen molar-refractivity contribution in [3.05, 3.63) is 60.1 Å². The van der Waals surface area contributed by atoms with E-state index < -0.39 is 16.1 Å². The molecule has 0 unspecified atom stereocenters. The van der Waals surface area contributed by atoms with Crippen LogP contribution in [0.5, 0.6) is 0 Å². The van der Waals surface area contributed by atoms with Crippen LogP contribution in [0.1, 0.15) is 11.5 Å². The molecule has 0 saturated heterocycles. The molecule has 0 N–H and O–H groups in total.